The third-order valence-electron chi connectivity index (χ3n) is 3.68. The summed E-state index contributed by atoms with van der Waals surface area (Å²) >= 11 is 5.59. The van der Waals surface area contributed by atoms with Crippen LogP contribution >= 0.6 is 11.6 Å². The summed E-state index contributed by atoms with van der Waals surface area (Å²) in [6.07, 6.45) is -4.74. The van der Waals surface area contributed by atoms with Crippen LogP contribution in [0, 0.1) is 5.82 Å². The van der Waals surface area contributed by atoms with Crippen molar-refractivity contribution in [1.29, 1.82) is 0 Å². The van der Waals surface area contributed by atoms with Gasteiger partial charge in [-0.3, -0.25) is 4.79 Å². The Morgan fingerprint density at radius 2 is 1.78 bits per heavy atom. The van der Waals surface area contributed by atoms with E-state index in [1.165, 1.54) is 0 Å². The number of nitrogens with zero attached hydrogens (tertiary/aromatic N) is 1. The van der Waals surface area contributed by atoms with E-state index in [2.05, 4.69) is 4.98 Å². The molecule has 27 heavy (non-hydrogen) atoms. The molecule has 2 aromatic rings. The monoisotopic (exact) mass is 424 g/mol. The molecule has 5 nitrogen and oxygen atoms in total. The number of amides is 1. The van der Waals surface area contributed by atoms with E-state index >= 15 is 0 Å². The predicted octanol–water partition coefficient (Wildman–Crippen LogP) is 4.08. The number of alkyl halides is 3. The molecule has 0 aliphatic heterocycles. The van der Waals surface area contributed by atoms with Gasteiger partial charge in [0.1, 0.15) is 27.0 Å². The molecule has 146 valence electrons. The number of halogens is 5. The zero-order valence-electron chi connectivity index (χ0n) is 13.9. The molecule has 0 unspecified atom stereocenters. The molecule has 0 atom stereocenters. The lowest BCUT2D eigenvalue weighted by molar-refractivity contribution is -0.141. The van der Waals surface area contributed by atoms with Crippen molar-refractivity contribution >= 4 is 33.2 Å². The van der Waals surface area contributed by atoms with Crippen LogP contribution < -0.4 is 5.32 Å². The molecule has 0 saturated carbocycles. The van der Waals surface area contributed by atoms with Crippen molar-refractivity contribution in [2.24, 2.45) is 0 Å². The maximum atomic E-state index is 14.0. The minimum atomic E-state index is -4.74. The first kappa shape index (κ1) is 21.1. The van der Waals surface area contributed by atoms with Crippen LogP contribution in [-0.2, 0) is 20.8 Å². The number of benzene rings is 1. The van der Waals surface area contributed by atoms with E-state index in [1.807, 2.05) is 5.32 Å². The molecule has 1 N–H and O–H groups in total. The average molecular weight is 425 g/mol. The quantitative estimate of drug-likeness (QED) is 0.750. The number of aromatic nitrogens is 1. The minimum absolute atomic E-state index is 0.0399. The number of anilines is 1. The van der Waals surface area contributed by atoms with Crippen LogP contribution in [0.3, 0.4) is 0 Å². The van der Waals surface area contributed by atoms with Crippen molar-refractivity contribution in [1.82, 2.24) is 4.98 Å². The third kappa shape index (κ3) is 4.22. The van der Waals surface area contributed by atoms with Gasteiger partial charge in [-0.2, -0.15) is 13.2 Å². The molecule has 0 radical (unpaired) electrons. The molecule has 0 bridgehead atoms. The fraction of sp³-hybridized carbons (Fsp3) is 0.250. The SMILES string of the molecule is CC(C)(C(=O)Nc1cccc(C(F)(F)F)n1)S(=O)(=O)c1ccc(Cl)cc1F. The van der Waals surface area contributed by atoms with Gasteiger partial charge in [0, 0.05) is 5.02 Å². The van der Waals surface area contributed by atoms with Crippen LogP contribution in [0.2, 0.25) is 5.02 Å². The van der Waals surface area contributed by atoms with E-state index in [4.69, 9.17) is 11.6 Å². The van der Waals surface area contributed by atoms with Crippen LogP contribution in [0.4, 0.5) is 23.4 Å². The van der Waals surface area contributed by atoms with Crippen LogP contribution in [0.25, 0.3) is 0 Å². The Bertz CT molecular complexity index is 991. The van der Waals surface area contributed by atoms with E-state index in [0.717, 1.165) is 44.2 Å². The number of carbonyl (C=O) groups excluding carboxylic acids is 1. The highest BCUT2D eigenvalue weighted by atomic mass is 35.5. The van der Waals surface area contributed by atoms with E-state index in [0.29, 0.717) is 6.07 Å². The van der Waals surface area contributed by atoms with Gasteiger partial charge in [-0.1, -0.05) is 17.7 Å². The predicted molar refractivity (Wildman–Crippen MR) is 90.5 cm³/mol. The average Bonchev–Trinajstić information content (AvgIpc) is 2.53. The zero-order valence-corrected chi connectivity index (χ0v) is 15.5. The Kier molecular flexibility index (Phi) is 5.53. The summed E-state index contributed by atoms with van der Waals surface area (Å²) in [5.74, 6) is -2.82. The fourth-order valence-electron chi connectivity index (χ4n) is 2.02. The summed E-state index contributed by atoms with van der Waals surface area (Å²) in [6, 6.07) is 5.59. The molecule has 11 heteroatoms. The lowest BCUT2D eigenvalue weighted by atomic mass is 10.2. The maximum absolute atomic E-state index is 14.0. The smallest absolute Gasteiger partial charge is 0.309 e. The number of rotatable bonds is 4. The van der Waals surface area contributed by atoms with Crippen molar-refractivity contribution in [2.75, 3.05) is 5.32 Å². The first-order chi connectivity index (χ1) is 12.3. The Morgan fingerprint density at radius 3 is 2.33 bits per heavy atom. The number of carbonyl (C=O) groups is 1. The number of nitrogens with one attached hydrogen (secondary N) is 1. The van der Waals surface area contributed by atoms with Gasteiger partial charge in [0.05, 0.1) is 0 Å². The summed E-state index contributed by atoms with van der Waals surface area (Å²) < 4.78 is 75.3. The van der Waals surface area contributed by atoms with Gasteiger partial charge < -0.3 is 5.32 Å². The molecule has 0 aliphatic rings. The first-order valence-corrected chi connectivity index (χ1v) is 9.18. The van der Waals surface area contributed by atoms with Crippen molar-refractivity contribution in [3.05, 3.63) is 52.9 Å². The number of pyridine rings is 1. The standard InChI is InChI=1S/C16H13ClF4N2O3S/c1-15(2,27(25,26)11-7-6-9(17)8-10(11)18)14(24)23-13-5-3-4-12(22-13)16(19,20)21/h3-8H,1-2H3,(H,22,23,24). The molecular weight excluding hydrogens is 412 g/mol. The Labute approximate surface area is 157 Å². The van der Waals surface area contributed by atoms with Crippen molar-refractivity contribution in [3.8, 4) is 0 Å². The normalized spacial score (nSPS) is 12.7. The Hall–Kier alpha value is -2.20. The fourth-order valence-corrected chi connectivity index (χ4v) is 3.59. The largest absolute Gasteiger partial charge is 0.433 e. The van der Waals surface area contributed by atoms with Gasteiger partial charge in [0.25, 0.3) is 0 Å². The maximum Gasteiger partial charge on any atom is 0.433 e. The number of hydrogen-bond donors (Lipinski definition) is 1. The zero-order chi connectivity index (χ0) is 20.6. The highest BCUT2D eigenvalue weighted by Crippen LogP contribution is 2.31. The topological polar surface area (TPSA) is 76.1 Å². The summed E-state index contributed by atoms with van der Waals surface area (Å²) in [5, 5.41) is 1.98. The van der Waals surface area contributed by atoms with Gasteiger partial charge in [0.2, 0.25) is 5.91 Å². The number of sulfone groups is 1. The second-order valence-corrected chi connectivity index (χ2v) is 8.85. The molecule has 0 spiro atoms. The molecule has 1 aromatic heterocycles. The van der Waals surface area contributed by atoms with Crippen molar-refractivity contribution in [2.45, 2.75) is 29.7 Å². The molecule has 0 aliphatic carbocycles. The summed E-state index contributed by atoms with van der Waals surface area (Å²) in [4.78, 5) is 14.9. The Balaban J connectivity index is 2.37. The second kappa shape index (κ2) is 7.08. The second-order valence-electron chi connectivity index (χ2n) is 5.95. The van der Waals surface area contributed by atoms with Crippen LogP contribution in [-0.4, -0.2) is 24.1 Å². The van der Waals surface area contributed by atoms with Crippen molar-refractivity contribution in [3.63, 3.8) is 0 Å². The van der Waals surface area contributed by atoms with Gasteiger partial charge in [0.15, 0.2) is 9.84 Å². The highest BCUT2D eigenvalue weighted by molar-refractivity contribution is 7.93. The number of hydrogen-bond acceptors (Lipinski definition) is 4. The van der Waals surface area contributed by atoms with E-state index in [-0.39, 0.29) is 5.02 Å². The highest BCUT2D eigenvalue weighted by Gasteiger charge is 2.44. The lowest BCUT2D eigenvalue weighted by Gasteiger charge is -2.24. The Morgan fingerprint density at radius 1 is 1.15 bits per heavy atom. The molecule has 1 amide bonds. The molecule has 0 fully saturated rings. The van der Waals surface area contributed by atoms with E-state index in [9.17, 15) is 30.8 Å². The van der Waals surface area contributed by atoms with E-state index < -0.39 is 48.9 Å². The first-order valence-electron chi connectivity index (χ1n) is 7.32. The minimum Gasteiger partial charge on any atom is -0.309 e. The molecule has 1 heterocycles. The third-order valence-corrected chi connectivity index (χ3v) is 6.36. The molecular formula is C16H13ClF4N2O3S. The van der Waals surface area contributed by atoms with Gasteiger partial charge in [-0.25, -0.2) is 17.8 Å². The summed E-state index contributed by atoms with van der Waals surface area (Å²) in [5.41, 5.74) is -1.26. The van der Waals surface area contributed by atoms with Crippen LogP contribution in [0.15, 0.2) is 41.3 Å². The van der Waals surface area contributed by atoms with Gasteiger partial charge in [-0.05, 0) is 44.2 Å². The van der Waals surface area contributed by atoms with Crippen LogP contribution in [0.1, 0.15) is 19.5 Å². The molecule has 1 aromatic carbocycles. The summed E-state index contributed by atoms with van der Waals surface area (Å²) in [7, 11) is -4.54. The van der Waals surface area contributed by atoms with Gasteiger partial charge >= 0.3 is 6.18 Å². The van der Waals surface area contributed by atoms with Crippen LogP contribution in [0.5, 0.6) is 0 Å². The van der Waals surface area contributed by atoms with E-state index in [1.54, 1.807) is 0 Å². The lowest BCUT2D eigenvalue weighted by Crippen LogP contribution is -2.45. The summed E-state index contributed by atoms with van der Waals surface area (Å²) in [6.45, 7) is 2.00. The van der Waals surface area contributed by atoms with Crippen molar-refractivity contribution < 1.29 is 30.8 Å². The van der Waals surface area contributed by atoms with Gasteiger partial charge in [-0.15, -0.1) is 0 Å². The molecule has 0 saturated heterocycles. The molecule has 2 rings (SSSR count).